The molecule has 0 spiro atoms. The van der Waals surface area contributed by atoms with Crippen molar-refractivity contribution >= 4 is 22.7 Å². The van der Waals surface area contributed by atoms with Gasteiger partial charge in [0, 0.05) is 36.3 Å². The molecule has 1 aliphatic rings. The molecular weight excluding hydrogens is 457 g/mol. The summed E-state index contributed by atoms with van der Waals surface area (Å²) in [6, 6.07) is 8.02. The van der Waals surface area contributed by atoms with Crippen LogP contribution in [0.1, 0.15) is 23.2 Å². The fraction of sp³-hybridized carbons (Fsp3) is 0.381. The highest BCUT2D eigenvalue weighted by Crippen LogP contribution is 2.41. The third-order valence-electron chi connectivity index (χ3n) is 5.06. The molecule has 0 aliphatic carbocycles. The van der Waals surface area contributed by atoms with Crippen LogP contribution >= 0.6 is 11.3 Å². The molecule has 176 valence electrons. The standard InChI is InChI=1S/C21H23F3N6O2S/c1-25-7-8-26-11-14-9-13(12-33-14)30-16(10-18(29-30)21(22,23)24)20-28-27-19(32-20)15-5-3-4-6-17(15)31-2/h3-6,9,12,16,25-26H,7-8,10-11H2,1-2H3. The molecular formula is C21H23F3N6O2S. The van der Waals surface area contributed by atoms with Crippen LogP contribution in [-0.2, 0) is 6.54 Å². The molecule has 0 radical (unpaired) electrons. The van der Waals surface area contributed by atoms with E-state index >= 15 is 0 Å². The molecule has 33 heavy (non-hydrogen) atoms. The molecule has 8 nitrogen and oxygen atoms in total. The molecule has 3 heterocycles. The van der Waals surface area contributed by atoms with E-state index < -0.39 is 17.9 Å². The Morgan fingerprint density at radius 2 is 2.06 bits per heavy atom. The maximum absolute atomic E-state index is 13.5. The zero-order valence-corrected chi connectivity index (χ0v) is 18.8. The maximum atomic E-state index is 13.5. The topological polar surface area (TPSA) is 87.8 Å². The Morgan fingerprint density at radius 1 is 1.24 bits per heavy atom. The van der Waals surface area contributed by atoms with Crippen molar-refractivity contribution in [2.45, 2.75) is 25.2 Å². The molecule has 1 aliphatic heterocycles. The average molecular weight is 481 g/mol. The lowest BCUT2D eigenvalue weighted by Crippen LogP contribution is -2.24. The first-order valence-electron chi connectivity index (χ1n) is 10.2. The lowest BCUT2D eigenvalue weighted by atomic mass is 10.1. The van der Waals surface area contributed by atoms with E-state index in [9.17, 15) is 13.2 Å². The monoisotopic (exact) mass is 480 g/mol. The summed E-state index contributed by atoms with van der Waals surface area (Å²) in [4.78, 5) is 0.982. The van der Waals surface area contributed by atoms with E-state index in [1.807, 2.05) is 13.1 Å². The van der Waals surface area contributed by atoms with Crippen LogP contribution in [0.4, 0.5) is 18.9 Å². The lowest BCUT2D eigenvalue weighted by Gasteiger charge is -2.19. The minimum atomic E-state index is -4.55. The number of ether oxygens (including phenoxy) is 1. The number of anilines is 1. The number of rotatable bonds is 9. The molecule has 3 aromatic rings. The first-order valence-corrected chi connectivity index (χ1v) is 11.1. The van der Waals surface area contributed by atoms with Gasteiger partial charge >= 0.3 is 6.18 Å². The Labute approximate surface area is 192 Å². The third-order valence-corrected chi connectivity index (χ3v) is 5.98. The van der Waals surface area contributed by atoms with Gasteiger partial charge in [0.15, 0.2) is 0 Å². The highest BCUT2D eigenvalue weighted by atomic mass is 32.1. The maximum Gasteiger partial charge on any atom is 0.431 e. The Morgan fingerprint density at radius 3 is 2.82 bits per heavy atom. The van der Waals surface area contributed by atoms with Crippen molar-refractivity contribution in [3.05, 3.63) is 46.5 Å². The first-order chi connectivity index (χ1) is 15.9. The Bertz CT molecular complexity index is 1110. The van der Waals surface area contributed by atoms with Crippen LogP contribution in [0.3, 0.4) is 0 Å². The Balaban J connectivity index is 1.60. The van der Waals surface area contributed by atoms with Crippen LogP contribution in [-0.4, -0.2) is 49.3 Å². The first kappa shape index (κ1) is 23.2. The number of methoxy groups -OCH3 is 1. The van der Waals surface area contributed by atoms with Gasteiger partial charge in [0.2, 0.25) is 5.89 Å². The second-order valence-corrected chi connectivity index (χ2v) is 8.30. The largest absolute Gasteiger partial charge is 0.496 e. The summed E-state index contributed by atoms with van der Waals surface area (Å²) in [7, 11) is 3.38. The number of hydrogen-bond donors (Lipinski definition) is 2. The molecule has 0 fully saturated rings. The van der Waals surface area contributed by atoms with Crippen molar-refractivity contribution in [3.63, 3.8) is 0 Å². The number of nitrogens with zero attached hydrogens (tertiary/aromatic N) is 4. The minimum Gasteiger partial charge on any atom is -0.496 e. The van der Waals surface area contributed by atoms with Gasteiger partial charge in [-0.25, -0.2) is 0 Å². The van der Waals surface area contributed by atoms with E-state index in [-0.39, 0.29) is 18.2 Å². The van der Waals surface area contributed by atoms with Gasteiger partial charge in [-0.2, -0.15) is 18.3 Å². The van der Waals surface area contributed by atoms with Crippen molar-refractivity contribution in [2.24, 2.45) is 5.10 Å². The van der Waals surface area contributed by atoms with Gasteiger partial charge in [-0.15, -0.1) is 21.5 Å². The predicted octanol–water partition coefficient (Wildman–Crippen LogP) is 3.99. The molecule has 1 aromatic carbocycles. The van der Waals surface area contributed by atoms with E-state index in [0.717, 1.165) is 18.0 Å². The number of para-hydroxylation sites is 1. The summed E-state index contributed by atoms with van der Waals surface area (Å²) in [6.45, 7) is 2.21. The van der Waals surface area contributed by atoms with Gasteiger partial charge in [0.25, 0.3) is 5.89 Å². The number of halogens is 3. The van der Waals surface area contributed by atoms with Crippen molar-refractivity contribution in [1.29, 1.82) is 0 Å². The van der Waals surface area contributed by atoms with Gasteiger partial charge in [-0.3, -0.25) is 5.01 Å². The van der Waals surface area contributed by atoms with Crippen LogP contribution in [0.15, 0.2) is 45.2 Å². The second-order valence-electron chi connectivity index (χ2n) is 7.31. The summed E-state index contributed by atoms with van der Waals surface area (Å²) >= 11 is 1.45. The molecule has 0 bridgehead atoms. The summed E-state index contributed by atoms with van der Waals surface area (Å²) in [5, 5.41) is 21.4. The van der Waals surface area contributed by atoms with Crippen LogP contribution in [0.25, 0.3) is 11.5 Å². The molecule has 1 unspecified atom stereocenters. The van der Waals surface area contributed by atoms with Crippen LogP contribution in [0, 0.1) is 0 Å². The van der Waals surface area contributed by atoms with Crippen molar-refractivity contribution in [1.82, 2.24) is 20.8 Å². The summed E-state index contributed by atoms with van der Waals surface area (Å²) < 4.78 is 51.6. The van der Waals surface area contributed by atoms with E-state index in [0.29, 0.717) is 23.5 Å². The van der Waals surface area contributed by atoms with E-state index in [1.165, 1.54) is 23.5 Å². The molecule has 4 rings (SSSR count). The van der Waals surface area contributed by atoms with Crippen LogP contribution < -0.4 is 20.4 Å². The number of nitrogens with one attached hydrogen (secondary N) is 2. The third kappa shape index (κ3) is 5.18. The van der Waals surface area contributed by atoms with Crippen LogP contribution in [0.2, 0.25) is 0 Å². The fourth-order valence-electron chi connectivity index (χ4n) is 3.42. The lowest BCUT2D eigenvalue weighted by molar-refractivity contribution is -0.0600. The Kier molecular flexibility index (Phi) is 6.96. The summed E-state index contributed by atoms with van der Waals surface area (Å²) in [5.74, 6) is 0.748. The molecule has 12 heteroatoms. The van der Waals surface area contributed by atoms with Crippen molar-refractivity contribution in [2.75, 3.05) is 32.3 Å². The molecule has 2 aromatic heterocycles. The Hall–Kier alpha value is -2.96. The van der Waals surface area contributed by atoms with E-state index in [4.69, 9.17) is 9.15 Å². The highest BCUT2D eigenvalue weighted by Gasteiger charge is 2.45. The average Bonchev–Trinajstić information content (AvgIpc) is 3.55. The predicted molar refractivity (Wildman–Crippen MR) is 120 cm³/mol. The van der Waals surface area contributed by atoms with E-state index in [1.54, 1.807) is 29.6 Å². The van der Waals surface area contributed by atoms with Gasteiger partial charge in [0.1, 0.15) is 17.5 Å². The smallest absolute Gasteiger partial charge is 0.431 e. The second kappa shape index (κ2) is 9.89. The van der Waals surface area contributed by atoms with E-state index in [2.05, 4.69) is 25.9 Å². The number of hydrogen-bond acceptors (Lipinski definition) is 9. The van der Waals surface area contributed by atoms with Crippen molar-refractivity contribution in [3.8, 4) is 17.2 Å². The summed E-state index contributed by atoms with van der Waals surface area (Å²) in [5.41, 5.74) is 0.224. The zero-order valence-electron chi connectivity index (χ0n) is 18.0. The molecule has 1 atom stereocenters. The van der Waals surface area contributed by atoms with Crippen molar-refractivity contribution < 1.29 is 22.3 Å². The fourth-order valence-corrected chi connectivity index (χ4v) is 4.24. The quantitative estimate of drug-likeness (QED) is 0.448. The number of likely N-dealkylation sites (N-methyl/N-ethyl adjacent to an activating group) is 1. The van der Waals surface area contributed by atoms with Gasteiger partial charge in [-0.1, -0.05) is 12.1 Å². The van der Waals surface area contributed by atoms with Crippen LogP contribution in [0.5, 0.6) is 5.75 Å². The number of aromatic nitrogens is 2. The molecule has 0 saturated carbocycles. The van der Waals surface area contributed by atoms with Gasteiger partial charge in [-0.05, 0) is 25.2 Å². The number of alkyl halides is 3. The van der Waals surface area contributed by atoms with Gasteiger partial charge < -0.3 is 19.8 Å². The zero-order chi connectivity index (χ0) is 23.4. The number of benzene rings is 1. The molecule has 0 saturated heterocycles. The normalized spacial score (nSPS) is 16.3. The van der Waals surface area contributed by atoms with Gasteiger partial charge in [0.05, 0.1) is 18.4 Å². The number of thiophene rings is 1. The minimum absolute atomic E-state index is 0.0544. The molecule has 2 N–H and O–H groups in total. The highest BCUT2D eigenvalue weighted by molar-refractivity contribution is 7.10. The molecule has 0 amide bonds. The SMILES string of the molecule is CNCCNCc1cc(N2N=C(C(F)(F)F)CC2c2nnc(-c3ccccc3OC)o2)cs1. The number of hydrazone groups is 1. The summed E-state index contributed by atoms with van der Waals surface area (Å²) in [6.07, 6.45) is -4.94.